The minimum absolute atomic E-state index is 0.305. The van der Waals surface area contributed by atoms with E-state index in [0.29, 0.717) is 6.04 Å². The number of para-hydroxylation sites is 1. The second kappa shape index (κ2) is 2.51. The van der Waals surface area contributed by atoms with Gasteiger partial charge in [0.05, 0.1) is 11.6 Å². The summed E-state index contributed by atoms with van der Waals surface area (Å²) in [6, 6.07) is 8.80. The first-order valence-corrected chi connectivity index (χ1v) is 5.25. The third-order valence-corrected chi connectivity index (χ3v) is 3.67. The van der Waals surface area contributed by atoms with E-state index >= 15 is 0 Å². The molecule has 3 rings (SSSR count). The second-order valence-electron chi connectivity index (χ2n) is 4.65. The number of aliphatic hydroxyl groups is 1. The van der Waals surface area contributed by atoms with E-state index in [9.17, 15) is 5.11 Å². The standard InChI is InChI=1S/C12H15NO/c1-12(14)6-7-13-10-5-3-2-4-9(10)8-11(12)13/h2-5,11,14H,6-8H2,1H3/t11-,12+/m1/s1. The molecule has 1 aromatic rings. The van der Waals surface area contributed by atoms with Crippen molar-refractivity contribution in [1.82, 2.24) is 0 Å². The maximum absolute atomic E-state index is 10.2. The fourth-order valence-corrected chi connectivity index (χ4v) is 2.80. The maximum Gasteiger partial charge on any atom is 0.0842 e. The average Bonchev–Trinajstić information content (AvgIpc) is 2.65. The molecule has 2 aliphatic rings. The van der Waals surface area contributed by atoms with E-state index in [1.807, 2.05) is 6.92 Å². The zero-order valence-corrected chi connectivity index (χ0v) is 8.40. The molecule has 1 fully saturated rings. The summed E-state index contributed by atoms with van der Waals surface area (Å²) >= 11 is 0. The summed E-state index contributed by atoms with van der Waals surface area (Å²) in [7, 11) is 0. The number of rotatable bonds is 0. The molecule has 0 aliphatic carbocycles. The highest BCUT2D eigenvalue weighted by Gasteiger charge is 2.46. The molecule has 0 aromatic heterocycles. The maximum atomic E-state index is 10.2. The van der Waals surface area contributed by atoms with Crippen LogP contribution in [-0.4, -0.2) is 23.3 Å². The molecular formula is C12H15NO. The minimum Gasteiger partial charge on any atom is -0.388 e. The van der Waals surface area contributed by atoms with Gasteiger partial charge in [-0.05, 0) is 31.4 Å². The molecule has 0 spiro atoms. The van der Waals surface area contributed by atoms with Crippen molar-refractivity contribution in [3.05, 3.63) is 29.8 Å². The summed E-state index contributed by atoms with van der Waals surface area (Å²) in [4.78, 5) is 2.36. The SMILES string of the molecule is C[C@]1(O)CCN2c3ccccc3C[C@@H]21. The fourth-order valence-electron chi connectivity index (χ4n) is 2.80. The van der Waals surface area contributed by atoms with Gasteiger partial charge in [-0.15, -0.1) is 0 Å². The van der Waals surface area contributed by atoms with Crippen LogP contribution in [0.25, 0.3) is 0 Å². The number of hydrogen-bond donors (Lipinski definition) is 1. The highest BCUT2D eigenvalue weighted by molar-refractivity contribution is 5.61. The van der Waals surface area contributed by atoms with Gasteiger partial charge in [0.25, 0.3) is 0 Å². The van der Waals surface area contributed by atoms with E-state index in [1.54, 1.807) is 0 Å². The molecule has 74 valence electrons. The quantitative estimate of drug-likeness (QED) is 0.669. The third kappa shape index (κ3) is 0.947. The lowest BCUT2D eigenvalue weighted by molar-refractivity contribution is 0.0530. The molecule has 2 nitrogen and oxygen atoms in total. The number of fused-ring (bicyclic) bond motifs is 3. The molecule has 0 bridgehead atoms. The number of hydrogen-bond acceptors (Lipinski definition) is 2. The van der Waals surface area contributed by atoms with Crippen molar-refractivity contribution in [2.45, 2.75) is 31.4 Å². The summed E-state index contributed by atoms with van der Waals surface area (Å²) in [5, 5.41) is 10.2. The molecule has 0 unspecified atom stereocenters. The van der Waals surface area contributed by atoms with Crippen molar-refractivity contribution in [3.8, 4) is 0 Å². The Hall–Kier alpha value is -1.02. The summed E-state index contributed by atoms with van der Waals surface area (Å²) in [6.45, 7) is 2.96. The number of nitrogens with zero attached hydrogens (tertiary/aromatic N) is 1. The van der Waals surface area contributed by atoms with Crippen LogP contribution in [-0.2, 0) is 6.42 Å². The molecule has 2 heterocycles. The van der Waals surface area contributed by atoms with Gasteiger partial charge in [-0.25, -0.2) is 0 Å². The molecule has 14 heavy (non-hydrogen) atoms. The Kier molecular flexibility index (Phi) is 1.49. The molecule has 1 saturated heterocycles. The lowest BCUT2D eigenvalue weighted by Crippen LogP contribution is -2.40. The predicted octanol–water partition coefficient (Wildman–Crippen LogP) is 1.57. The highest BCUT2D eigenvalue weighted by Crippen LogP contribution is 2.41. The Morgan fingerprint density at radius 3 is 3.07 bits per heavy atom. The van der Waals surface area contributed by atoms with Crippen LogP contribution in [0.15, 0.2) is 24.3 Å². The molecule has 1 N–H and O–H groups in total. The Morgan fingerprint density at radius 2 is 2.21 bits per heavy atom. The zero-order valence-electron chi connectivity index (χ0n) is 8.40. The van der Waals surface area contributed by atoms with Crippen LogP contribution in [0.3, 0.4) is 0 Å². The van der Waals surface area contributed by atoms with Crippen LogP contribution in [0.2, 0.25) is 0 Å². The van der Waals surface area contributed by atoms with Gasteiger partial charge in [0.2, 0.25) is 0 Å². The molecule has 0 radical (unpaired) electrons. The third-order valence-electron chi connectivity index (χ3n) is 3.67. The van der Waals surface area contributed by atoms with Gasteiger partial charge in [0, 0.05) is 12.2 Å². The summed E-state index contributed by atoms with van der Waals surface area (Å²) in [6.07, 6.45) is 1.90. The normalized spacial score (nSPS) is 34.4. The molecule has 0 saturated carbocycles. The Morgan fingerprint density at radius 1 is 1.43 bits per heavy atom. The van der Waals surface area contributed by atoms with E-state index < -0.39 is 5.60 Å². The second-order valence-corrected chi connectivity index (χ2v) is 4.65. The van der Waals surface area contributed by atoms with Gasteiger partial charge in [-0.2, -0.15) is 0 Å². The van der Waals surface area contributed by atoms with Crippen LogP contribution in [0.1, 0.15) is 18.9 Å². The van der Waals surface area contributed by atoms with E-state index in [0.717, 1.165) is 19.4 Å². The average molecular weight is 189 g/mol. The van der Waals surface area contributed by atoms with Gasteiger partial charge < -0.3 is 10.0 Å². The van der Waals surface area contributed by atoms with Crippen LogP contribution < -0.4 is 4.90 Å². The van der Waals surface area contributed by atoms with Crippen molar-refractivity contribution in [2.24, 2.45) is 0 Å². The monoisotopic (exact) mass is 189 g/mol. The number of benzene rings is 1. The van der Waals surface area contributed by atoms with Gasteiger partial charge >= 0.3 is 0 Å². The van der Waals surface area contributed by atoms with Crippen molar-refractivity contribution in [2.75, 3.05) is 11.4 Å². The first-order valence-electron chi connectivity index (χ1n) is 5.25. The van der Waals surface area contributed by atoms with Crippen molar-refractivity contribution < 1.29 is 5.11 Å². The van der Waals surface area contributed by atoms with Crippen LogP contribution in [0, 0.1) is 0 Å². The summed E-state index contributed by atoms with van der Waals surface area (Å²) < 4.78 is 0. The molecule has 2 heteroatoms. The van der Waals surface area contributed by atoms with Gasteiger partial charge in [0.15, 0.2) is 0 Å². The van der Waals surface area contributed by atoms with Crippen LogP contribution >= 0.6 is 0 Å². The van der Waals surface area contributed by atoms with E-state index in [1.165, 1.54) is 11.3 Å². The smallest absolute Gasteiger partial charge is 0.0842 e. The first-order chi connectivity index (χ1) is 6.68. The molecule has 1 aromatic carbocycles. The Balaban J connectivity index is 2.05. The van der Waals surface area contributed by atoms with E-state index in [-0.39, 0.29) is 0 Å². The molecule has 0 amide bonds. The predicted molar refractivity (Wildman–Crippen MR) is 56.5 cm³/mol. The summed E-state index contributed by atoms with van der Waals surface area (Å²) in [5.41, 5.74) is 2.21. The molecule has 2 aliphatic heterocycles. The van der Waals surface area contributed by atoms with E-state index in [4.69, 9.17) is 0 Å². The fraction of sp³-hybridized carbons (Fsp3) is 0.500. The van der Waals surface area contributed by atoms with Gasteiger partial charge in [-0.1, -0.05) is 18.2 Å². The lowest BCUT2D eigenvalue weighted by Gasteiger charge is -2.26. The highest BCUT2D eigenvalue weighted by atomic mass is 16.3. The van der Waals surface area contributed by atoms with Crippen molar-refractivity contribution in [3.63, 3.8) is 0 Å². The van der Waals surface area contributed by atoms with Crippen LogP contribution in [0.5, 0.6) is 0 Å². The molecule has 2 atom stereocenters. The van der Waals surface area contributed by atoms with Crippen LogP contribution in [0.4, 0.5) is 5.69 Å². The largest absolute Gasteiger partial charge is 0.388 e. The lowest BCUT2D eigenvalue weighted by atomic mass is 9.94. The Bertz CT molecular complexity index is 372. The first kappa shape index (κ1) is 8.30. The summed E-state index contributed by atoms with van der Waals surface area (Å²) in [5.74, 6) is 0. The van der Waals surface area contributed by atoms with E-state index in [2.05, 4.69) is 29.2 Å². The topological polar surface area (TPSA) is 23.5 Å². The van der Waals surface area contributed by atoms with Gasteiger partial charge in [0.1, 0.15) is 0 Å². The van der Waals surface area contributed by atoms with Crippen molar-refractivity contribution >= 4 is 5.69 Å². The van der Waals surface area contributed by atoms with Gasteiger partial charge in [-0.3, -0.25) is 0 Å². The molecular weight excluding hydrogens is 174 g/mol. The van der Waals surface area contributed by atoms with Crippen molar-refractivity contribution in [1.29, 1.82) is 0 Å². The Labute approximate surface area is 84.2 Å². The number of anilines is 1. The minimum atomic E-state index is -0.501. The zero-order chi connectivity index (χ0) is 9.76.